The van der Waals surface area contributed by atoms with E-state index in [-0.39, 0.29) is 18.9 Å². The van der Waals surface area contributed by atoms with Crippen LogP contribution < -0.4 is 4.90 Å². The number of anilines is 1. The van der Waals surface area contributed by atoms with Crippen LogP contribution in [0.5, 0.6) is 0 Å². The highest BCUT2D eigenvalue weighted by molar-refractivity contribution is 9.11. The van der Waals surface area contributed by atoms with Crippen LogP contribution in [0.25, 0.3) is 0 Å². The van der Waals surface area contributed by atoms with E-state index >= 15 is 9.59 Å². The fourth-order valence-electron chi connectivity index (χ4n) is 8.10. The molecule has 4 aliphatic heterocycles. The SMILES string of the molecule is C[C@H]1[C@H](c2ccccc2)OC(=O)[C@H]2[C@@H]3O[C@@]4(C=C3Br)[C@@H]2C(=O)N([C@H](CO)c2ccccc2)[C@@H]4C(=O)N(c2ccccc2Cl)C/C=C\CCC(=O)N1C. The zero-order chi connectivity index (χ0) is 36.7. The molecule has 1 N–H and O–H groups in total. The van der Waals surface area contributed by atoms with Crippen molar-refractivity contribution in [3.05, 3.63) is 124 Å². The molecule has 0 aliphatic carbocycles. The first kappa shape index (κ1) is 36.1. The molecule has 0 unspecified atom stereocenters. The van der Waals surface area contributed by atoms with Crippen LogP contribution in [0.3, 0.4) is 0 Å². The second-order valence-electron chi connectivity index (χ2n) is 13.6. The first-order valence-electron chi connectivity index (χ1n) is 17.3. The molecule has 12 heteroatoms. The van der Waals surface area contributed by atoms with Crippen LogP contribution in [-0.4, -0.2) is 82.6 Å². The van der Waals surface area contributed by atoms with Gasteiger partial charge in [-0.3, -0.25) is 19.2 Å². The van der Waals surface area contributed by atoms with Crippen molar-refractivity contribution in [2.75, 3.05) is 25.1 Å². The number of cyclic esters (lactones) is 1. The summed E-state index contributed by atoms with van der Waals surface area (Å²) in [5.74, 6) is -4.18. The molecule has 7 rings (SSSR count). The fraction of sp³-hybridized carbons (Fsp3) is 0.350. The lowest BCUT2D eigenvalue weighted by molar-refractivity contribution is -0.164. The van der Waals surface area contributed by atoms with E-state index in [9.17, 15) is 14.7 Å². The van der Waals surface area contributed by atoms with Crippen LogP contribution in [0.1, 0.15) is 43.0 Å². The van der Waals surface area contributed by atoms with Gasteiger partial charge in [0.15, 0.2) is 0 Å². The number of hydrogen-bond acceptors (Lipinski definition) is 7. The zero-order valence-corrected chi connectivity index (χ0v) is 31.0. The Hall–Kier alpha value is -4.29. The number of carbonyl (C=O) groups is 4. The molecule has 1 spiro atoms. The molecule has 4 heterocycles. The summed E-state index contributed by atoms with van der Waals surface area (Å²) in [6, 6.07) is 22.3. The number of likely N-dealkylation sites (tertiary alicyclic amines) is 1. The fourth-order valence-corrected chi connectivity index (χ4v) is 9.07. The van der Waals surface area contributed by atoms with Gasteiger partial charge in [-0.15, -0.1) is 0 Å². The van der Waals surface area contributed by atoms with Crippen molar-refractivity contribution < 1.29 is 33.8 Å². The van der Waals surface area contributed by atoms with Gasteiger partial charge in [0.2, 0.25) is 11.8 Å². The maximum atomic E-state index is 15.3. The third kappa shape index (κ3) is 6.07. The Labute approximate surface area is 315 Å². The summed E-state index contributed by atoms with van der Waals surface area (Å²) in [5, 5.41) is 11.2. The first-order valence-corrected chi connectivity index (χ1v) is 18.5. The summed E-state index contributed by atoms with van der Waals surface area (Å²) >= 11 is 10.3. The van der Waals surface area contributed by atoms with E-state index in [2.05, 4.69) is 15.9 Å². The molecule has 270 valence electrons. The first-order chi connectivity index (χ1) is 25.1. The van der Waals surface area contributed by atoms with Gasteiger partial charge in [0.1, 0.15) is 29.8 Å². The third-order valence-corrected chi connectivity index (χ3v) is 11.8. The lowest BCUT2D eigenvalue weighted by Gasteiger charge is -2.39. The molecule has 2 saturated heterocycles. The maximum Gasteiger partial charge on any atom is 0.313 e. The van der Waals surface area contributed by atoms with Crippen molar-refractivity contribution in [1.82, 2.24) is 9.80 Å². The van der Waals surface area contributed by atoms with Gasteiger partial charge in [0.05, 0.1) is 35.3 Å². The van der Waals surface area contributed by atoms with E-state index in [4.69, 9.17) is 21.1 Å². The molecule has 52 heavy (non-hydrogen) atoms. The van der Waals surface area contributed by atoms with E-state index < -0.39 is 72.2 Å². The molecule has 8 atom stereocenters. The number of rotatable bonds is 5. The van der Waals surface area contributed by atoms with Gasteiger partial charge >= 0.3 is 5.97 Å². The minimum atomic E-state index is -1.60. The molecular weight excluding hydrogens is 750 g/mol. The standard InChI is InChI=1S/C40H39BrClN3O7/c1-24-34(26-16-8-4-9-17-26)51-39(50)32-33-37(48)45(30(23-46)25-14-6-3-7-15-25)36(40(33)22-27(41)35(32)52-40)38(49)44(29-19-12-11-18-28(29)42)21-13-5-10-20-31(47)43(24)2/h3-9,11-19,22,24,30,32-36,46H,10,20-21,23H2,1-2H3/b13-5-/t24-,30+,32+,33-,34+,35+,36+,40-/m0/s1. The Bertz CT molecular complexity index is 1930. The Kier molecular flexibility index (Phi) is 10.1. The molecular formula is C40H39BrClN3O7. The van der Waals surface area contributed by atoms with Gasteiger partial charge in [0, 0.05) is 24.5 Å². The number of para-hydroxylation sites is 1. The van der Waals surface area contributed by atoms with Crippen molar-refractivity contribution in [2.45, 2.75) is 55.7 Å². The summed E-state index contributed by atoms with van der Waals surface area (Å²) in [6.45, 7) is 1.39. The number of allylic oxidation sites excluding steroid dienone is 1. The molecule has 3 aromatic rings. The predicted octanol–water partition coefficient (Wildman–Crippen LogP) is 5.76. The molecule has 3 amide bonds. The number of amides is 3. The average molecular weight is 789 g/mol. The molecule has 0 saturated carbocycles. The minimum Gasteiger partial charge on any atom is -0.455 e. The van der Waals surface area contributed by atoms with E-state index in [1.165, 1.54) is 9.80 Å². The van der Waals surface area contributed by atoms with Gasteiger partial charge in [0.25, 0.3) is 5.91 Å². The topological polar surface area (TPSA) is 117 Å². The lowest BCUT2D eigenvalue weighted by Crippen LogP contribution is -2.57. The number of benzene rings is 3. The Morgan fingerprint density at radius 2 is 1.60 bits per heavy atom. The highest BCUT2D eigenvalue weighted by Crippen LogP contribution is 2.60. The van der Waals surface area contributed by atoms with E-state index in [1.54, 1.807) is 72.6 Å². The van der Waals surface area contributed by atoms with Crippen LogP contribution in [0.15, 0.2) is 108 Å². The number of esters is 1. The van der Waals surface area contributed by atoms with Crippen molar-refractivity contribution >= 4 is 56.9 Å². The number of likely N-dealkylation sites (N-methyl/N-ethyl adjacent to an activating group) is 1. The Balaban J connectivity index is 1.41. The number of fused-ring (bicyclic) bond motifs is 2. The molecule has 2 fully saturated rings. The highest BCUT2D eigenvalue weighted by Gasteiger charge is 2.75. The Morgan fingerprint density at radius 3 is 2.29 bits per heavy atom. The molecule has 5 bridgehead atoms. The molecule has 0 radical (unpaired) electrons. The second-order valence-corrected chi connectivity index (χ2v) is 14.9. The average Bonchev–Trinajstić information content (AvgIpc) is 3.75. The van der Waals surface area contributed by atoms with E-state index in [1.807, 2.05) is 49.4 Å². The smallest absolute Gasteiger partial charge is 0.313 e. The maximum absolute atomic E-state index is 15.3. The monoisotopic (exact) mass is 787 g/mol. The number of aliphatic hydroxyl groups is 1. The summed E-state index contributed by atoms with van der Waals surface area (Å²) in [5.41, 5.74) is 0.107. The predicted molar refractivity (Wildman–Crippen MR) is 198 cm³/mol. The van der Waals surface area contributed by atoms with Gasteiger partial charge < -0.3 is 29.3 Å². The summed E-state index contributed by atoms with van der Waals surface area (Å²) < 4.78 is 13.6. The van der Waals surface area contributed by atoms with Crippen LogP contribution in [0.4, 0.5) is 5.69 Å². The van der Waals surface area contributed by atoms with Gasteiger partial charge in [-0.1, -0.05) is 112 Å². The van der Waals surface area contributed by atoms with E-state index in [0.717, 1.165) is 0 Å². The lowest BCUT2D eigenvalue weighted by atomic mass is 9.74. The molecule has 0 aromatic heterocycles. The summed E-state index contributed by atoms with van der Waals surface area (Å²) in [6.07, 6.45) is 4.15. The molecule has 4 aliphatic rings. The number of hydrogen-bond donors (Lipinski definition) is 1. The van der Waals surface area contributed by atoms with Gasteiger partial charge in [-0.05, 0) is 42.7 Å². The van der Waals surface area contributed by atoms with Crippen molar-refractivity contribution in [2.24, 2.45) is 11.8 Å². The van der Waals surface area contributed by atoms with Crippen LogP contribution in [0, 0.1) is 11.8 Å². The molecule has 3 aromatic carbocycles. The van der Waals surface area contributed by atoms with Crippen molar-refractivity contribution in [1.29, 1.82) is 0 Å². The van der Waals surface area contributed by atoms with Crippen molar-refractivity contribution in [3.63, 3.8) is 0 Å². The highest BCUT2D eigenvalue weighted by atomic mass is 79.9. The second kappa shape index (κ2) is 14.6. The van der Waals surface area contributed by atoms with Crippen molar-refractivity contribution in [3.8, 4) is 0 Å². The van der Waals surface area contributed by atoms with Gasteiger partial charge in [-0.2, -0.15) is 0 Å². The van der Waals surface area contributed by atoms with Crippen LogP contribution >= 0.6 is 27.5 Å². The quantitative estimate of drug-likeness (QED) is 0.258. The normalized spacial score (nSPS) is 30.6. The number of halogens is 2. The van der Waals surface area contributed by atoms with E-state index in [0.29, 0.717) is 32.7 Å². The summed E-state index contributed by atoms with van der Waals surface area (Å²) in [4.78, 5) is 62.9. The van der Waals surface area contributed by atoms with Gasteiger partial charge in [-0.25, -0.2) is 0 Å². The Morgan fingerprint density at radius 1 is 0.923 bits per heavy atom. The number of ether oxygens (including phenoxy) is 2. The zero-order valence-electron chi connectivity index (χ0n) is 28.7. The van der Waals surface area contributed by atoms with Crippen LogP contribution in [0.2, 0.25) is 5.02 Å². The third-order valence-electron chi connectivity index (χ3n) is 10.8. The number of nitrogens with zero attached hydrogens (tertiary/aromatic N) is 3. The largest absolute Gasteiger partial charge is 0.455 e. The summed E-state index contributed by atoms with van der Waals surface area (Å²) in [7, 11) is 1.68. The van der Waals surface area contributed by atoms with Crippen LogP contribution in [-0.2, 0) is 28.7 Å². The minimum absolute atomic E-state index is 0.0628. The molecule has 10 nitrogen and oxygen atoms in total. The number of aliphatic hydroxyl groups excluding tert-OH is 1. The number of carbonyl (C=O) groups excluding carboxylic acids is 4.